The number of halogens is 2. The van der Waals surface area contributed by atoms with Crippen molar-refractivity contribution in [3.63, 3.8) is 0 Å². The minimum atomic E-state index is -0.818. The highest BCUT2D eigenvalue weighted by Crippen LogP contribution is 2.18. The number of aryl methyl sites for hydroxylation is 2. The van der Waals surface area contributed by atoms with Gasteiger partial charge < -0.3 is 20.7 Å². The Morgan fingerprint density at radius 3 is 2.09 bits per heavy atom. The minimum absolute atomic E-state index is 0.0938. The predicted octanol–water partition coefficient (Wildman–Crippen LogP) is 6.48. The van der Waals surface area contributed by atoms with E-state index in [4.69, 9.17) is 10.5 Å². The molecule has 0 heterocycles. The van der Waals surface area contributed by atoms with Crippen LogP contribution in [0, 0.1) is 30.4 Å². The van der Waals surface area contributed by atoms with Crippen molar-refractivity contribution in [3.8, 4) is 0 Å². The number of carbonyl (C=O) groups is 2. The first-order valence-corrected chi connectivity index (χ1v) is 15.5. The molecule has 2 atom stereocenters. The van der Waals surface area contributed by atoms with E-state index in [0.29, 0.717) is 30.8 Å². The molecule has 0 fully saturated rings. The van der Waals surface area contributed by atoms with Crippen LogP contribution in [0.4, 0.5) is 8.78 Å². The summed E-state index contributed by atoms with van der Waals surface area (Å²) in [7, 11) is 0. The largest absolute Gasteiger partial charge is 0.456 e. The SMILES string of the molecule is CCc1cccc(CNC[C@@H](OC(=O)c2cc(C)cc(C(=O)N(CC(C)C)CC(C)C)c2)[C@@H](N)Cc2cc(F)cc(F)c2)c1. The van der Waals surface area contributed by atoms with Crippen molar-refractivity contribution in [2.45, 2.75) is 73.1 Å². The summed E-state index contributed by atoms with van der Waals surface area (Å²) in [4.78, 5) is 28.9. The first-order chi connectivity index (χ1) is 20.8. The van der Waals surface area contributed by atoms with Gasteiger partial charge in [0.25, 0.3) is 5.91 Å². The number of rotatable bonds is 15. The van der Waals surface area contributed by atoms with Gasteiger partial charge in [0.15, 0.2) is 0 Å². The second kappa shape index (κ2) is 16.5. The van der Waals surface area contributed by atoms with Crippen molar-refractivity contribution in [1.29, 1.82) is 0 Å². The lowest BCUT2D eigenvalue weighted by Gasteiger charge is -2.27. The van der Waals surface area contributed by atoms with Gasteiger partial charge in [-0.3, -0.25) is 4.79 Å². The third kappa shape index (κ3) is 10.8. The summed E-state index contributed by atoms with van der Waals surface area (Å²) in [5, 5.41) is 3.33. The van der Waals surface area contributed by atoms with Crippen LogP contribution in [-0.4, -0.2) is 48.6 Å². The summed E-state index contributed by atoms with van der Waals surface area (Å²) in [5.41, 5.74) is 10.6. The second-order valence-corrected chi connectivity index (χ2v) is 12.5. The quantitative estimate of drug-likeness (QED) is 0.193. The fraction of sp³-hybridized carbons (Fsp3) is 0.444. The van der Waals surface area contributed by atoms with E-state index in [9.17, 15) is 18.4 Å². The number of esters is 1. The van der Waals surface area contributed by atoms with Crippen LogP contribution >= 0.6 is 0 Å². The number of carbonyl (C=O) groups excluding carboxylic acids is 2. The van der Waals surface area contributed by atoms with Gasteiger partial charge in [-0.2, -0.15) is 0 Å². The fourth-order valence-corrected chi connectivity index (χ4v) is 5.27. The van der Waals surface area contributed by atoms with Gasteiger partial charge in [0.2, 0.25) is 0 Å². The molecule has 6 nitrogen and oxygen atoms in total. The Labute approximate surface area is 261 Å². The van der Waals surface area contributed by atoms with E-state index >= 15 is 0 Å². The van der Waals surface area contributed by atoms with E-state index in [1.54, 1.807) is 18.2 Å². The lowest BCUT2D eigenvalue weighted by atomic mass is 10.0. The van der Waals surface area contributed by atoms with Gasteiger partial charge in [0.1, 0.15) is 17.7 Å². The van der Waals surface area contributed by atoms with Crippen LogP contribution in [-0.2, 0) is 24.1 Å². The molecule has 3 rings (SSSR count). The lowest BCUT2D eigenvalue weighted by Crippen LogP contribution is -2.46. The van der Waals surface area contributed by atoms with E-state index in [1.165, 1.54) is 17.7 Å². The highest BCUT2D eigenvalue weighted by atomic mass is 19.1. The number of nitrogens with zero attached hydrogens (tertiary/aromatic N) is 1. The Morgan fingerprint density at radius 1 is 0.864 bits per heavy atom. The second-order valence-electron chi connectivity index (χ2n) is 12.5. The van der Waals surface area contributed by atoms with Gasteiger partial charge in [-0.05, 0) is 84.2 Å². The first kappa shape index (κ1) is 34.9. The molecule has 8 heteroatoms. The zero-order valence-corrected chi connectivity index (χ0v) is 26.8. The molecule has 0 aliphatic rings. The van der Waals surface area contributed by atoms with Gasteiger partial charge in [-0.25, -0.2) is 13.6 Å². The monoisotopic (exact) mass is 607 g/mol. The summed E-state index contributed by atoms with van der Waals surface area (Å²) in [5.74, 6) is -1.58. The smallest absolute Gasteiger partial charge is 0.338 e. The molecule has 0 bridgehead atoms. The molecule has 0 saturated heterocycles. The Morgan fingerprint density at radius 2 is 1.48 bits per heavy atom. The standard InChI is InChI=1S/C36H47F2N3O3/c1-7-26-9-8-10-27(13-26)19-40-20-34(33(39)16-28-14-31(37)18-32(38)15-28)44-36(43)30-12-25(6)11-29(17-30)35(42)41(21-23(2)3)22-24(4)5/h8-15,17-18,23-24,33-34,40H,7,16,19-22,39H2,1-6H3/t33-,34+/m0/s1. The maximum atomic E-state index is 13.9. The van der Waals surface area contributed by atoms with E-state index in [0.717, 1.165) is 23.6 Å². The number of nitrogens with one attached hydrogen (secondary N) is 1. The summed E-state index contributed by atoms with van der Waals surface area (Å²) in [6.07, 6.45) is 0.189. The van der Waals surface area contributed by atoms with Gasteiger partial charge in [-0.1, -0.05) is 58.9 Å². The lowest BCUT2D eigenvalue weighted by molar-refractivity contribution is 0.0238. The third-order valence-electron chi connectivity index (χ3n) is 7.22. The zero-order chi connectivity index (χ0) is 32.4. The molecule has 0 aromatic heterocycles. The van der Waals surface area contributed by atoms with Crippen LogP contribution in [0.3, 0.4) is 0 Å². The first-order valence-electron chi connectivity index (χ1n) is 15.5. The molecule has 0 saturated carbocycles. The summed E-state index contributed by atoms with van der Waals surface area (Å²) in [6, 6.07) is 15.7. The van der Waals surface area contributed by atoms with Crippen molar-refractivity contribution in [3.05, 3.63) is 106 Å². The molecule has 0 spiro atoms. The Kier molecular flexibility index (Phi) is 13.0. The molecule has 3 aromatic rings. The number of ether oxygens (including phenoxy) is 1. The van der Waals surface area contributed by atoms with Crippen LogP contribution in [0.2, 0.25) is 0 Å². The summed E-state index contributed by atoms with van der Waals surface area (Å²) >= 11 is 0. The van der Waals surface area contributed by atoms with Crippen molar-refractivity contribution in [1.82, 2.24) is 10.2 Å². The number of amides is 1. The van der Waals surface area contributed by atoms with E-state index in [-0.39, 0.29) is 36.3 Å². The molecule has 238 valence electrons. The maximum absolute atomic E-state index is 13.9. The van der Waals surface area contributed by atoms with Crippen LogP contribution in [0.15, 0.2) is 60.7 Å². The van der Waals surface area contributed by atoms with Crippen LogP contribution in [0.1, 0.15) is 77.6 Å². The van der Waals surface area contributed by atoms with Gasteiger partial charge in [0.05, 0.1) is 5.56 Å². The zero-order valence-electron chi connectivity index (χ0n) is 26.8. The van der Waals surface area contributed by atoms with Crippen molar-refractivity contribution < 1.29 is 23.1 Å². The molecule has 44 heavy (non-hydrogen) atoms. The van der Waals surface area contributed by atoms with Crippen molar-refractivity contribution in [2.24, 2.45) is 17.6 Å². The average Bonchev–Trinajstić information content (AvgIpc) is 2.94. The molecule has 0 unspecified atom stereocenters. The molecule has 0 aliphatic carbocycles. The number of hydrogen-bond acceptors (Lipinski definition) is 5. The van der Waals surface area contributed by atoms with Gasteiger partial charge in [-0.15, -0.1) is 0 Å². The predicted molar refractivity (Wildman–Crippen MR) is 172 cm³/mol. The highest BCUT2D eigenvalue weighted by Gasteiger charge is 2.25. The third-order valence-corrected chi connectivity index (χ3v) is 7.22. The highest BCUT2D eigenvalue weighted by molar-refractivity contribution is 5.98. The van der Waals surface area contributed by atoms with Crippen LogP contribution < -0.4 is 11.1 Å². The number of nitrogens with two attached hydrogens (primary N) is 1. The molecule has 0 radical (unpaired) electrons. The minimum Gasteiger partial charge on any atom is -0.456 e. The number of benzene rings is 3. The Bertz CT molecular complexity index is 1380. The van der Waals surface area contributed by atoms with E-state index in [2.05, 4.69) is 52.1 Å². The molecular formula is C36H47F2N3O3. The molecule has 3 aromatic carbocycles. The van der Waals surface area contributed by atoms with E-state index < -0.39 is 29.7 Å². The average molecular weight is 608 g/mol. The molecule has 0 aliphatic heterocycles. The normalized spacial score (nSPS) is 12.8. The van der Waals surface area contributed by atoms with E-state index in [1.807, 2.05) is 24.0 Å². The molecule has 1 amide bonds. The van der Waals surface area contributed by atoms with Crippen molar-refractivity contribution in [2.75, 3.05) is 19.6 Å². The van der Waals surface area contributed by atoms with Gasteiger partial charge in [0, 0.05) is 43.9 Å². The van der Waals surface area contributed by atoms with Crippen LogP contribution in [0.25, 0.3) is 0 Å². The molecular weight excluding hydrogens is 560 g/mol. The summed E-state index contributed by atoms with van der Waals surface area (Å²) < 4.78 is 33.7. The fourth-order valence-electron chi connectivity index (χ4n) is 5.27. The maximum Gasteiger partial charge on any atom is 0.338 e. The number of hydrogen-bond donors (Lipinski definition) is 2. The molecule has 3 N–H and O–H groups in total. The van der Waals surface area contributed by atoms with Crippen molar-refractivity contribution >= 4 is 11.9 Å². The van der Waals surface area contributed by atoms with Gasteiger partial charge >= 0.3 is 5.97 Å². The van der Waals surface area contributed by atoms with Crippen LogP contribution in [0.5, 0.6) is 0 Å². The summed E-state index contributed by atoms with van der Waals surface area (Å²) in [6.45, 7) is 14.1. The Balaban J connectivity index is 1.83. The topological polar surface area (TPSA) is 84.7 Å². The Hall–Kier alpha value is -3.62.